The smallest absolute Gasteiger partial charge is 0.323 e. The maximum absolute atomic E-state index is 12.7. The Labute approximate surface area is 199 Å². The Morgan fingerprint density at radius 3 is 2.74 bits per heavy atom. The molecule has 7 heteroatoms. The largest absolute Gasteiger partial charge is 0.456 e. The topological polar surface area (TPSA) is 80.5 Å². The second-order valence-corrected chi connectivity index (χ2v) is 9.33. The van der Waals surface area contributed by atoms with Crippen LogP contribution in [-0.2, 0) is 0 Å². The van der Waals surface area contributed by atoms with Crippen LogP contribution in [0.4, 0.5) is 10.6 Å². The van der Waals surface area contributed by atoms with Gasteiger partial charge in [-0.05, 0) is 68.9 Å². The number of carbonyl (C=O) groups excluding carboxylic acids is 1. The van der Waals surface area contributed by atoms with E-state index in [1.165, 1.54) is 18.4 Å². The van der Waals surface area contributed by atoms with Crippen LogP contribution in [0.3, 0.4) is 0 Å². The van der Waals surface area contributed by atoms with Crippen LogP contribution in [0, 0.1) is 19.8 Å². The van der Waals surface area contributed by atoms with Crippen molar-refractivity contribution < 1.29 is 14.1 Å². The summed E-state index contributed by atoms with van der Waals surface area (Å²) in [5.41, 5.74) is 4.43. The second kappa shape index (κ2) is 9.33. The predicted molar refractivity (Wildman–Crippen MR) is 131 cm³/mol. The number of benzene rings is 1. The van der Waals surface area contributed by atoms with Crippen molar-refractivity contribution in [3.05, 3.63) is 70.7 Å². The minimum atomic E-state index is -0.140. The van der Waals surface area contributed by atoms with E-state index in [2.05, 4.69) is 40.6 Å². The lowest BCUT2D eigenvalue weighted by molar-refractivity contribution is 0.197. The van der Waals surface area contributed by atoms with Crippen LogP contribution in [0.1, 0.15) is 54.7 Å². The maximum atomic E-state index is 12.7. The van der Waals surface area contributed by atoms with Crippen LogP contribution >= 0.6 is 0 Å². The van der Waals surface area contributed by atoms with Gasteiger partial charge in [-0.1, -0.05) is 35.9 Å². The van der Waals surface area contributed by atoms with Gasteiger partial charge >= 0.3 is 6.03 Å². The van der Waals surface area contributed by atoms with Crippen molar-refractivity contribution in [1.29, 1.82) is 0 Å². The molecule has 2 aromatic heterocycles. The van der Waals surface area contributed by atoms with E-state index in [4.69, 9.17) is 9.26 Å². The lowest BCUT2D eigenvalue weighted by Crippen LogP contribution is -2.42. The first-order valence-corrected chi connectivity index (χ1v) is 11.9. The van der Waals surface area contributed by atoms with Crippen molar-refractivity contribution in [2.45, 2.75) is 46.0 Å². The number of hydrogen-bond donors (Lipinski definition) is 1. The molecule has 0 spiro atoms. The first kappa shape index (κ1) is 22.2. The zero-order valence-corrected chi connectivity index (χ0v) is 19.9. The van der Waals surface area contributed by atoms with Gasteiger partial charge in [0.1, 0.15) is 17.3 Å². The van der Waals surface area contributed by atoms with Crippen LogP contribution in [-0.4, -0.2) is 34.2 Å². The Balaban J connectivity index is 1.21. The first-order chi connectivity index (χ1) is 16.5. The first-order valence-electron chi connectivity index (χ1n) is 11.9. The molecule has 5 rings (SSSR count). The summed E-state index contributed by atoms with van der Waals surface area (Å²) in [6.45, 7) is 7.19. The highest BCUT2D eigenvalue weighted by Gasteiger charge is 2.26. The summed E-state index contributed by atoms with van der Waals surface area (Å²) < 4.78 is 11.2. The minimum absolute atomic E-state index is 0.140. The van der Waals surface area contributed by atoms with Crippen molar-refractivity contribution in [1.82, 2.24) is 15.0 Å². The summed E-state index contributed by atoms with van der Waals surface area (Å²) in [5, 5.41) is 6.80. The van der Waals surface area contributed by atoms with Gasteiger partial charge in [0.2, 0.25) is 0 Å². The normalized spacial score (nSPS) is 19.3. The number of ether oxygens (including phenoxy) is 1. The maximum Gasteiger partial charge on any atom is 0.323 e. The molecule has 3 heterocycles. The zero-order valence-electron chi connectivity index (χ0n) is 19.9. The van der Waals surface area contributed by atoms with E-state index in [0.29, 0.717) is 30.6 Å². The molecule has 0 radical (unpaired) electrons. The SMILES string of the molecule is Cc1onc(NC(=O)N2CCC(=Cc3cccc(Oc4ccc(C5CC5)nc4)c3)C(C)C2)c1C. The number of pyridine rings is 1. The minimum Gasteiger partial charge on any atom is -0.456 e. The molecule has 0 bridgehead atoms. The van der Waals surface area contributed by atoms with Gasteiger partial charge in [-0.3, -0.25) is 10.3 Å². The number of anilines is 1. The lowest BCUT2D eigenvalue weighted by Gasteiger charge is -2.33. The average Bonchev–Trinajstić information content (AvgIpc) is 3.64. The molecule has 1 N–H and O–H groups in total. The quantitative estimate of drug-likeness (QED) is 0.484. The van der Waals surface area contributed by atoms with E-state index in [9.17, 15) is 4.79 Å². The Morgan fingerprint density at radius 2 is 2.06 bits per heavy atom. The third kappa shape index (κ3) is 4.98. The predicted octanol–water partition coefficient (Wildman–Crippen LogP) is 6.31. The second-order valence-electron chi connectivity index (χ2n) is 9.33. The van der Waals surface area contributed by atoms with Gasteiger partial charge in [0.15, 0.2) is 5.82 Å². The van der Waals surface area contributed by atoms with E-state index in [1.54, 1.807) is 0 Å². The summed E-state index contributed by atoms with van der Waals surface area (Å²) in [4.78, 5) is 19.1. The molecule has 1 unspecified atom stereocenters. The molecule has 1 aliphatic carbocycles. The summed E-state index contributed by atoms with van der Waals surface area (Å²) >= 11 is 0. The number of amides is 2. The Bertz CT molecular complexity index is 1210. The van der Waals surface area contributed by atoms with E-state index in [1.807, 2.05) is 49.2 Å². The van der Waals surface area contributed by atoms with Gasteiger partial charge in [0.25, 0.3) is 0 Å². The summed E-state index contributed by atoms with van der Waals surface area (Å²) in [5.74, 6) is 3.64. The van der Waals surface area contributed by atoms with Crippen LogP contribution in [0.15, 0.2) is 52.7 Å². The van der Waals surface area contributed by atoms with Gasteiger partial charge < -0.3 is 14.2 Å². The summed E-state index contributed by atoms with van der Waals surface area (Å²) in [6, 6.07) is 12.0. The number of aromatic nitrogens is 2. The third-order valence-corrected chi connectivity index (χ3v) is 6.67. The summed E-state index contributed by atoms with van der Waals surface area (Å²) in [6.07, 6.45) is 7.33. The molecule has 1 aromatic carbocycles. The molecule has 34 heavy (non-hydrogen) atoms. The van der Waals surface area contributed by atoms with E-state index >= 15 is 0 Å². The Morgan fingerprint density at radius 1 is 1.21 bits per heavy atom. The Kier molecular flexibility index (Phi) is 6.09. The fraction of sp³-hybridized carbons (Fsp3) is 0.370. The number of nitrogens with one attached hydrogen (secondary N) is 1. The van der Waals surface area contributed by atoms with Crippen LogP contribution in [0.5, 0.6) is 11.5 Å². The van der Waals surface area contributed by atoms with E-state index in [-0.39, 0.29) is 11.9 Å². The van der Waals surface area contributed by atoms with Crippen molar-refractivity contribution in [3.8, 4) is 11.5 Å². The number of aryl methyl sites for hydroxylation is 1. The third-order valence-electron chi connectivity index (χ3n) is 6.67. The molecule has 2 amide bonds. The van der Waals surface area contributed by atoms with E-state index < -0.39 is 0 Å². The molecular weight excluding hydrogens is 428 g/mol. The van der Waals surface area contributed by atoms with Crippen LogP contribution < -0.4 is 10.1 Å². The standard InChI is InChI=1S/C27H30N4O3/c1-17-16-31(27(32)29-26-18(2)19(3)34-30-26)12-11-22(17)13-20-5-4-6-23(14-20)33-24-9-10-25(28-15-24)21-7-8-21/h4-6,9-10,13-15,17,21H,7-8,11-12,16H2,1-3H3,(H,29,30,32). The fourth-order valence-corrected chi connectivity index (χ4v) is 4.25. The molecular formula is C27H30N4O3. The number of rotatable bonds is 5. The van der Waals surface area contributed by atoms with Crippen LogP contribution in [0.25, 0.3) is 6.08 Å². The molecule has 3 aromatic rings. The number of likely N-dealkylation sites (tertiary alicyclic amines) is 1. The van der Waals surface area contributed by atoms with Crippen molar-refractivity contribution in [2.24, 2.45) is 5.92 Å². The number of carbonyl (C=O) groups is 1. The van der Waals surface area contributed by atoms with Gasteiger partial charge in [0.05, 0.1) is 6.20 Å². The highest BCUT2D eigenvalue weighted by atomic mass is 16.5. The number of piperidine rings is 1. The molecule has 176 valence electrons. The van der Waals surface area contributed by atoms with Gasteiger partial charge in [-0.2, -0.15) is 0 Å². The molecule has 2 aliphatic rings. The highest BCUT2D eigenvalue weighted by molar-refractivity contribution is 5.89. The zero-order chi connectivity index (χ0) is 23.7. The average molecular weight is 459 g/mol. The van der Waals surface area contributed by atoms with E-state index in [0.717, 1.165) is 34.7 Å². The molecule has 1 saturated heterocycles. The molecule has 1 atom stereocenters. The van der Waals surface area contributed by atoms with Crippen molar-refractivity contribution in [3.63, 3.8) is 0 Å². The van der Waals surface area contributed by atoms with Crippen molar-refractivity contribution in [2.75, 3.05) is 18.4 Å². The van der Waals surface area contributed by atoms with Gasteiger partial charge in [0, 0.05) is 30.3 Å². The summed E-state index contributed by atoms with van der Waals surface area (Å²) in [7, 11) is 0. The molecule has 1 aliphatic heterocycles. The molecule has 1 saturated carbocycles. The monoisotopic (exact) mass is 458 g/mol. The fourth-order valence-electron chi connectivity index (χ4n) is 4.25. The highest BCUT2D eigenvalue weighted by Crippen LogP contribution is 2.39. The van der Waals surface area contributed by atoms with Gasteiger partial charge in [-0.25, -0.2) is 4.79 Å². The number of nitrogens with zero attached hydrogens (tertiary/aromatic N) is 3. The number of urea groups is 1. The van der Waals surface area contributed by atoms with Crippen molar-refractivity contribution >= 4 is 17.9 Å². The lowest BCUT2D eigenvalue weighted by atomic mass is 9.91. The van der Waals surface area contributed by atoms with Gasteiger partial charge in [-0.15, -0.1) is 0 Å². The number of hydrogen-bond acceptors (Lipinski definition) is 5. The van der Waals surface area contributed by atoms with Crippen LogP contribution in [0.2, 0.25) is 0 Å². The molecule has 2 fully saturated rings. The molecule has 7 nitrogen and oxygen atoms in total. The Hall–Kier alpha value is -3.61.